The molecule has 0 aliphatic carbocycles. The van der Waals surface area contributed by atoms with E-state index in [9.17, 15) is 14.4 Å². The highest BCUT2D eigenvalue weighted by atomic mass is 32.2. The highest BCUT2D eigenvalue weighted by Gasteiger charge is 2.29. The van der Waals surface area contributed by atoms with Crippen LogP contribution in [-0.4, -0.2) is 36.6 Å². The summed E-state index contributed by atoms with van der Waals surface area (Å²) in [7, 11) is -4.28. The predicted molar refractivity (Wildman–Crippen MR) is 247 cm³/mol. The Kier molecular flexibility index (Phi) is 16.7. The number of Topliss-reactive ketones (excluding diaryl/α,β-unsaturated/α-hetero) is 3. The number of benzene rings is 6. The van der Waals surface area contributed by atoms with E-state index in [1.165, 1.54) is 14.7 Å². The van der Waals surface area contributed by atoms with Crippen LogP contribution >= 0.6 is 35.3 Å². The molecule has 0 saturated carbocycles. The average molecular weight is 893 g/mol. The van der Waals surface area contributed by atoms with Crippen LogP contribution in [0, 0.1) is 0 Å². The molecule has 11 heteroatoms. The van der Waals surface area contributed by atoms with Gasteiger partial charge < -0.3 is 4.55 Å². The van der Waals surface area contributed by atoms with Gasteiger partial charge in [-0.05, 0) is 166 Å². The van der Waals surface area contributed by atoms with Gasteiger partial charge in [0.15, 0.2) is 32.0 Å². The Bertz CT molecular complexity index is 2310. The van der Waals surface area contributed by atoms with E-state index in [2.05, 4.69) is 112 Å². The van der Waals surface area contributed by atoms with Crippen molar-refractivity contribution in [3.63, 3.8) is 0 Å². The molecule has 0 radical (unpaired) electrons. The van der Waals surface area contributed by atoms with Gasteiger partial charge in [0.25, 0.3) is 0 Å². The van der Waals surface area contributed by atoms with Crippen LogP contribution in [0.15, 0.2) is 171 Å². The molecule has 60 heavy (non-hydrogen) atoms. The van der Waals surface area contributed by atoms with E-state index in [4.69, 9.17) is 13.0 Å². The zero-order chi connectivity index (χ0) is 43.6. The van der Waals surface area contributed by atoms with Crippen LogP contribution < -0.4 is 0 Å². The van der Waals surface area contributed by atoms with Crippen LogP contribution in [0.1, 0.15) is 89.3 Å². The van der Waals surface area contributed by atoms with Crippen LogP contribution in [0.25, 0.3) is 0 Å². The van der Waals surface area contributed by atoms with E-state index in [0.29, 0.717) is 6.26 Å². The monoisotopic (exact) mass is 892 g/mol. The first kappa shape index (κ1) is 46.7. The number of carbonyl (C=O) groups is 3. The third kappa shape index (κ3) is 13.1. The summed E-state index contributed by atoms with van der Waals surface area (Å²) in [5, 5.41) is 0. The van der Waals surface area contributed by atoms with Gasteiger partial charge in [0.2, 0.25) is 0 Å². The molecule has 6 aromatic rings. The first-order valence-electron chi connectivity index (χ1n) is 19.5. The molecular formula is C49H48O6S5. The minimum absolute atomic E-state index is 0.103. The van der Waals surface area contributed by atoms with E-state index in [1.807, 2.05) is 36.4 Å². The smallest absolute Gasteiger partial charge is 0.166 e. The fourth-order valence-corrected chi connectivity index (χ4v) is 11.2. The van der Waals surface area contributed by atoms with Gasteiger partial charge in [-0.25, -0.2) is 8.42 Å². The van der Waals surface area contributed by atoms with Gasteiger partial charge in [0.1, 0.15) is 0 Å². The van der Waals surface area contributed by atoms with Gasteiger partial charge in [-0.2, -0.15) is 0 Å². The van der Waals surface area contributed by atoms with E-state index in [1.54, 1.807) is 56.1 Å². The molecule has 0 spiro atoms. The van der Waals surface area contributed by atoms with Crippen molar-refractivity contribution in [2.75, 3.05) is 6.26 Å². The Morgan fingerprint density at radius 2 is 0.667 bits per heavy atom. The van der Waals surface area contributed by atoms with Crippen LogP contribution in [0.3, 0.4) is 0 Å². The van der Waals surface area contributed by atoms with Crippen LogP contribution in [0.4, 0.5) is 0 Å². The molecule has 0 unspecified atom stereocenters. The largest absolute Gasteiger partial charge is 0.748 e. The molecule has 6 aromatic carbocycles. The van der Waals surface area contributed by atoms with Crippen molar-refractivity contribution in [2.24, 2.45) is 0 Å². The number of hydrogen-bond acceptors (Lipinski definition) is 9. The number of hydrogen-bond donors (Lipinski definition) is 0. The minimum Gasteiger partial charge on any atom is -0.748 e. The van der Waals surface area contributed by atoms with Crippen molar-refractivity contribution in [3.8, 4) is 0 Å². The first-order valence-corrected chi connectivity index (χ1v) is 25.0. The van der Waals surface area contributed by atoms with Crippen LogP contribution in [0.5, 0.6) is 0 Å². The fourth-order valence-electron chi connectivity index (χ4n) is 6.56. The summed E-state index contributed by atoms with van der Waals surface area (Å²) in [6.07, 6.45) is 3.06. The summed E-state index contributed by atoms with van der Waals surface area (Å²) in [5.41, 5.74) is 5.64. The topological polar surface area (TPSA) is 108 Å². The zero-order valence-corrected chi connectivity index (χ0v) is 38.8. The van der Waals surface area contributed by atoms with Gasteiger partial charge in [0.05, 0.1) is 21.0 Å². The maximum Gasteiger partial charge on any atom is 0.166 e. The molecule has 0 atom stereocenters. The Balaban J connectivity index is 0.00000129. The second-order valence-electron chi connectivity index (χ2n) is 13.9. The summed E-state index contributed by atoms with van der Waals surface area (Å²) < 4.78 is 27.2. The number of aryl methyl sites for hydroxylation is 3. The standard InChI is InChI=1S/C48H45O3S4.CH4O3S/c1-7-34-28-40(16-25-46(34)31(4)49)52-37-10-19-43(20-11-37)55(44-21-12-38(13-22-44)53-41-17-26-47(32(5)50)35(8-2)29-41)45-23-14-39(15-24-45)54-42-18-27-48(33(6)51)36(9-3)30-42;1-5(2,3)4/h10-30H,7-9H2,1-6H3;1H3,(H,2,3,4)/q+1;/p-1. The number of ketones is 3. The van der Waals surface area contributed by atoms with Crippen molar-refractivity contribution in [2.45, 2.75) is 105 Å². The molecule has 0 aliphatic heterocycles. The molecule has 0 heterocycles. The summed E-state index contributed by atoms with van der Waals surface area (Å²) in [5.74, 6) is 0.308. The van der Waals surface area contributed by atoms with Gasteiger partial charge in [0, 0.05) is 52.3 Å². The number of rotatable bonds is 15. The van der Waals surface area contributed by atoms with E-state index >= 15 is 0 Å². The van der Waals surface area contributed by atoms with Crippen molar-refractivity contribution >= 4 is 73.6 Å². The highest BCUT2D eigenvalue weighted by molar-refractivity contribution is 8.00. The number of carbonyl (C=O) groups excluding carboxylic acids is 3. The molecule has 0 bridgehead atoms. The Labute approximate surface area is 370 Å². The maximum absolute atomic E-state index is 12.1. The Morgan fingerprint density at radius 1 is 0.450 bits per heavy atom. The van der Waals surface area contributed by atoms with Gasteiger partial charge in [-0.3, -0.25) is 14.4 Å². The lowest BCUT2D eigenvalue weighted by Gasteiger charge is -2.12. The van der Waals surface area contributed by atoms with E-state index in [-0.39, 0.29) is 28.2 Å². The lowest BCUT2D eigenvalue weighted by molar-refractivity contribution is 0.100. The third-order valence-electron chi connectivity index (χ3n) is 9.40. The van der Waals surface area contributed by atoms with Crippen LogP contribution in [-0.2, 0) is 40.3 Å². The normalized spacial score (nSPS) is 11.2. The molecule has 0 amide bonds. The van der Waals surface area contributed by atoms with Crippen molar-refractivity contribution in [1.29, 1.82) is 0 Å². The summed E-state index contributed by atoms with van der Waals surface area (Å²) >= 11 is 5.14. The second-order valence-corrected chi connectivity index (χ2v) is 20.8. The molecule has 0 N–H and O–H groups in total. The van der Waals surface area contributed by atoms with Crippen LogP contribution in [0.2, 0.25) is 0 Å². The lowest BCUT2D eigenvalue weighted by atomic mass is 10.0. The molecule has 0 aromatic heterocycles. The van der Waals surface area contributed by atoms with Gasteiger partial charge in [-0.15, -0.1) is 0 Å². The molecule has 6 nitrogen and oxygen atoms in total. The predicted octanol–water partition coefficient (Wildman–Crippen LogP) is 12.7. The molecule has 310 valence electrons. The second kappa shape index (κ2) is 21.4. The zero-order valence-electron chi connectivity index (χ0n) is 34.7. The van der Waals surface area contributed by atoms with Crippen molar-refractivity contribution in [3.05, 3.63) is 161 Å². The first-order chi connectivity index (χ1) is 28.6. The third-order valence-corrected chi connectivity index (χ3v) is 14.6. The van der Waals surface area contributed by atoms with Crippen molar-refractivity contribution in [1.82, 2.24) is 0 Å². The minimum atomic E-state index is -3.92. The Morgan fingerprint density at radius 3 is 0.867 bits per heavy atom. The summed E-state index contributed by atoms with van der Waals surface area (Å²) in [6.45, 7) is 11.2. The molecule has 0 saturated heterocycles. The maximum atomic E-state index is 12.1. The fraction of sp³-hybridized carbons (Fsp3) is 0.204. The molecule has 0 fully saturated rings. The lowest BCUT2D eigenvalue weighted by Crippen LogP contribution is -2.05. The molecular weight excluding hydrogens is 845 g/mol. The molecule has 0 aliphatic rings. The molecule has 6 rings (SSSR count). The SMILES string of the molecule is CCc1cc(Sc2ccc([S+](c3ccc(Sc4ccc(C(C)=O)c(CC)c4)cc3)c3ccc(Sc4ccc(C(C)=O)c(CC)c4)cc3)cc2)ccc1C(C)=O.CS(=O)(=O)[O-]. The Hall–Kier alpha value is -4.36. The van der Waals surface area contributed by atoms with E-state index < -0.39 is 10.1 Å². The quantitative estimate of drug-likeness (QED) is 0.0565. The van der Waals surface area contributed by atoms with Gasteiger partial charge in [-0.1, -0.05) is 74.3 Å². The summed E-state index contributed by atoms with van der Waals surface area (Å²) in [6, 6.07) is 45.1. The van der Waals surface area contributed by atoms with Gasteiger partial charge >= 0.3 is 0 Å². The summed E-state index contributed by atoms with van der Waals surface area (Å²) in [4.78, 5) is 46.8. The highest BCUT2D eigenvalue weighted by Crippen LogP contribution is 2.38. The van der Waals surface area contributed by atoms with Crippen molar-refractivity contribution < 1.29 is 27.4 Å². The van der Waals surface area contributed by atoms with E-state index in [0.717, 1.165) is 82.0 Å². The average Bonchev–Trinajstić information content (AvgIpc) is 3.21.